The van der Waals surface area contributed by atoms with Crippen LogP contribution in [0.2, 0.25) is 0 Å². The Labute approximate surface area is 194 Å². The van der Waals surface area contributed by atoms with Gasteiger partial charge in [-0.15, -0.1) is 0 Å². The minimum Gasteiger partial charge on any atom is -0.493 e. The third kappa shape index (κ3) is 5.46. The van der Waals surface area contributed by atoms with Gasteiger partial charge in [0, 0.05) is 38.9 Å². The van der Waals surface area contributed by atoms with Gasteiger partial charge in [0.2, 0.25) is 5.75 Å². The zero-order chi connectivity index (χ0) is 23.2. The van der Waals surface area contributed by atoms with Gasteiger partial charge in [0.1, 0.15) is 0 Å². The number of hydrogen-bond donors (Lipinski definition) is 0. The van der Waals surface area contributed by atoms with Crippen LogP contribution < -0.4 is 14.2 Å². The lowest BCUT2D eigenvalue weighted by Crippen LogP contribution is -2.48. The first-order chi connectivity index (χ1) is 16.1. The molecule has 8 heteroatoms. The van der Waals surface area contributed by atoms with Gasteiger partial charge in [-0.3, -0.25) is 9.69 Å². The van der Waals surface area contributed by atoms with Crippen molar-refractivity contribution in [2.24, 2.45) is 0 Å². The van der Waals surface area contributed by atoms with E-state index in [4.69, 9.17) is 14.2 Å². The quantitative estimate of drug-likeness (QED) is 0.525. The van der Waals surface area contributed by atoms with Crippen LogP contribution in [0.4, 0.5) is 0 Å². The first-order valence-electron chi connectivity index (χ1n) is 11.0. The minimum absolute atomic E-state index is 0.0566. The SMILES string of the molecule is COc1cccc(OC)c1OCn1ccc(C(=O)N2CCN(Cc3cccc(C)c3)CC2)n1. The molecule has 2 heterocycles. The highest BCUT2D eigenvalue weighted by molar-refractivity contribution is 5.92. The smallest absolute Gasteiger partial charge is 0.274 e. The molecule has 1 amide bonds. The van der Waals surface area contributed by atoms with E-state index >= 15 is 0 Å². The summed E-state index contributed by atoms with van der Waals surface area (Å²) in [6.07, 6.45) is 1.74. The summed E-state index contributed by atoms with van der Waals surface area (Å²) in [7, 11) is 3.15. The van der Waals surface area contributed by atoms with Gasteiger partial charge >= 0.3 is 0 Å². The summed E-state index contributed by atoms with van der Waals surface area (Å²) in [4.78, 5) is 17.2. The molecule has 3 aromatic rings. The molecular weight excluding hydrogens is 420 g/mol. The Morgan fingerprint density at radius 1 is 0.970 bits per heavy atom. The molecule has 0 bridgehead atoms. The highest BCUT2D eigenvalue weighted by atomic mass is 16.5. The summed E-state index contributed by atoms with van der Waals surface area (Å²) in [6, 6.07) is 15.7. The fraction of sp³-hybridized carbons (Fsp3) is 0.360. The van der Waals surface area contributed by atoms with E-state index in [1.807, 2.05) is 11.0 Å². The van der Waals surface area contributed by atoms with Crippen LogP contribution in [0.5, 0.6) is 17.2 Å². The summed E-state index contributed by atoms with van der Waals surface area (Å²) in [6.45, 7) is 6.21. The lowest BCUT2D eigenvalue weighted by molar-refractivity contribution is 0.0620. The molecule has 0 atom stereocenters. The standard InChI is InChI=1S/C25H30N4O4/c1-19-6-4-7-20(16-19)17-27-12-14-28(15-13-27)25(30)21-10-11-29(26-21)18-33-24-22(31-2)8-5-9-23(24)32-3/h4-11,16H,12-15,17-18H2,1-3H3. The van der Waals surface area contributed by atoms with Crippen LogP contribution in [0.3, 0.4) is 0 Å². The van der Waals surface area contributed by atoms with Crippen LogP contribution in [0.25, 0.3) is 0 Å². The van der Waals surface area contributed by atoms with Crippen LogP contribution >= 0.6 is 0 Å². The first-order valence-corrected chi connectivity index (χ1v) is 11.0. The fourth-order valence-corrected chi connectivity index (χ4v) is 3.98. The lowest BCUT2D eigenvalue weighted by atomic mass is 10.1. The Morgan fingerprint density at radius 2 is 1.67 bits per heavy atom. The van der Waals surface area contributed by atoms with Gasteiger partial charge in [0.05, 0.1) is 14.2 Å². The molecule has 1 saturated heterocycles. The average Bonchev–Trinajstić information content (AvgIpc) is 3.31. The fourth-order valence-electron chi connectivity index (χ4n) is 3.98. The maximum atomic E-state index is 12.9. The van der Waals surface area contributed by atoms with Crippen molar-refractivity contribution in [1.29, 1.82) is 0 Å². The van der Waals surface area contributed by atoms with Crippen molar-refractivity contribution in [1.82, 2.24) is 19.6 Å². The second-order valence-corrected chi connectivity index (χ2v) is 8.06. The number of aromatic nitrogens is 2. The number of carbonyl (C=O) groups excluding carboxylic acids is 1. The monoisotopic (exact) mass is 450 g/mol. The van der Waals surface area contributed by atoms with Crippen LogP contribution in [-0.4, -0.2) is 65.9 Å². The highest BCUT2D eigenvalue weighted by Gasteiger charge is 2.24. The number of methoxy groups -OCH3 is 2. The van der Waals surface area contributed by atoms with Gasteiger partial charge in [-0.25, -0.2) is 4.68 Å². The van der Waals surface area contributed by atoms with E-state index in [1.165, 1.54) is 11.1 Å². The van der Waals surface area contributed by atoms with Crippen LogP contribution in [0.1, 0.15) is 21.6 Å². The molecule has 2 aromatic carbocycles. The Hall–Kier alpha value is -3.52. The van der Waals surface area contributed by atoms with Gasteiger partial charge in [-0.1, -0.05) is 35.9 Å². The lowest BCUT2D eigenvalue weighted by Gasteiger charge is -2.34. The van der Waals surface area contributed by atoms with Crippen molar-refractivity contribution in [3.05, 3.63) is 71.5 Å². The van der Waals surface area contributed by atoms with Gasteiger partial charge in [-0.2, -0.15) is 5.10 Å². The maximum Gasteiger partial charge on any atom is 0.274 e. The molecule has 0 N–H and O–H groups in total. The van der Waals surface area contributed by atoms with Crippen molar-refractivity contribution in [3.63, 3.8) is 0 Å². The molecule has 174 valence electrons. The second kappa shape index (κ2) is 10.4. The first kappa shape index (κ1) is 22.7. The molecule has 0 unspecified atom stereocenters. The van der Waals surface area contributed by atoms with E-state index in [2.05, 4.69) is 41.2 Å². The number of aryl methyl sites for hydroxylation is 1. The largest absolute Gasteiger partial charge is 0.493 e. The van der Waals surface area contributed by atoms with Gasteiger partial charge < -0.3 is 19.1 Å². The average molecular weight is 451 g/mol. The molecule has 0 saturated carbocycles. The zero-order valence-electron chi connectivity index (χ0n) is 19.4. The van der Waals surface area contributed by atoms with Crippen LogP contribution in [0.15, 0.2) is 54.7 Å². The van der Waals surface area contributed by atoms with E-state index < -0.39 is 0 Å². The zero-order valence-corrected chi connectivity index (χ0v) is 19.4. The summed E-state index contributed by atoms with van der Waals surface area (Å²) < 4.78 is 18.2. The van der Waals surface area contributed by atoms with E-state index in [1.54, 1.807) is 43.3 Å². The van der Waals surface area contributed by atoms with Gasteiger partial charge in [-0.05, 0) is 30.7 Å². The van der Waals surface area contributed by atoms with Crippen molar-refractivity contribution in [2.45, 2.75) is 20.2 Å². The number of amides is 1. The summed E-state index contributed by atoms with van der Waals surface area (Å²) in [5, 5.41) is 4.41. The van der Waals surface area contributed by atoms with Crippen molar-refractivity contribution >= 4 is 5.91 Å². The predicted octanol–water partition coefficient (Wildman–Crippen LogP) is 3.20. The van der Waals surface area contributed by atoms with Crippen LogP contribution in [0, 0.1) is 6.92 Å². The Morgan fingerprint density at radius 3 is 2.33 bits per heavy atom. The number of hydrogen-bond acceptors (Lipinski definition) is 6. The third-order valence-corrected chi connectivity index (χ3v) is 5.73. The Balaban J connectivity index is 1.31. The predicted molar refractivity (Wildman–Crippen MR) is 125 cm³/mol. The molecule has 0 spiro atoms. The Kier molecular flexibility index (Phi) is 7.14. The second-order valence-electron chi connectivity index (χ2n) is 8.06. The number of piperazine rings is 1. The molecule has 33 heavy (non-hydrogen) atoms. The number of nitrogens with zero attached hydrogens (tertiary/aromatic N) is 4. The number of ether oxygens (including phenoxy) is 3. The molecule has 0 aliphatic carbocycles. The summed E-state index contributed by atoms with van der Waals surface area (Å²) in [5.74, 6) is 1.58. The minimum atomic E-state index is -0.0566. The summed E-state index contributed by atoms with van der Waals surface area (Å²) in [5.41, 5.74) is 2.99. The van der Waals surface area contributed by atoms with Crippen molar-refractivity contribution in [2.75, 3.05) is 40.4 Å². The normalized spacial score (nSPS) is 14.2. The Bertz CT molecular complexity index is 1070. The van der Waals surface area contributed by atoms with Crippen molar-refractivity contribution < 1.29 is 19.0 Å². The molecule has 1 aromatic heterocycles. The molecule has 0 radical (unpaired) electrons. The number of benzene rings is 2. The van der Waals surface area contributed by atoms with E-state index in [9.17, 15) is 4.79 Å². The van der Waals surface area contributed by atoms with Gasteiger partial charge in [0.25, 0.3) is 5.91 Å². The topological polar surface area (TPSA) is 69.1 Å². The van der Waals surface area contributed by atoms with Gasteiger partial charge in [0.15, 0.2) is 23.9 Å². The van der Waals surface area contributed by atoms with E-state index in [0.717, 1.165) is 19.6 Å². The van der Waals surface area contributed by atoms with E-state index in [0.29, 0.717) is 36.0 Å². The number of rotatable bonds is 8. The van der Waals surface area contributed by atoms with E-state index in [-0.39, 0.29) is 12.6 Å². The molecule has 4 rings (SSSR count). The summed E-state index contributed by atoms with van der Waals surface area (Å²) >= 11 is 0. The molecule has 1 fully saturated rings. The van der Waals surface area contributed by atoms with Crippen molar-refractivity contribution in [3.8, 4) is 17.2 Å². The molecule has 1 aliphatic rings. The third-order valence-electron chi connectivity index (χ3n) is 5.73. The molecule has 8 nitrogen and oxygen atoms in total. The number of para-hydroxylation sites is 1. The molecule has 1 aliphatic heterocycles. The maximum absolute atomic E-state index is 12.9. The number of carbonyl (C=O) groups is 1. The highest BCUT2D eigenvalue weighted by Crippen LogP contribution is 2.36. The molecular formula is C25H30N4O4. The van der Waals surface area contributed by atoms with Crippen LogP contribution in [-0.2, 0) is 13.3 Å².